The summed E-state index contributed by atoms with van der Waals surface area (Å²) in [6, 6.07) is 5.23. The van der Waals surface area contributed by atoms with Gasteiger partial charge >= 0.3 is 5.97 Å². The summed E-state index contributed by atoms with van der Waals surface area (Å²) >= 11 is 3.30. The van der Waals surface area contributed by atoms with Gasteiger partial charge in [-0.05, 0) is 18.2 Å². The SMILES string of the molecule is CC(Cn1cnc2ccc(Br)cc2c1=O)C(=O)O. The van der Waals surface area contributed by atoms with Crippen LogP contribution in [0.1, 0.15) is 6.92 Å². The van der Waals surface area contributed by atoms with E-state index in [-0.39, 0.29) is 12.1 Å². The van der Waals surface area contributed by atoms with Crippen molar-refractivity contribution >= 4 is 32.8 Å². The summed E-state index contributed by atoms with van der Waals surface area (Å²) in [5.41, 5.74) is 0.372. The smallest absolute Gasteiger partial charge is 0.308 e. The lowest BCUT2D eigenvalue weighted by Gasteiger charge is -2.09. The summed E-state index contributed by atoms with van der Waals surface area (Å²) in [4.78, 5) is 27.1. The summed E-state index contributed by atoms with van der Waals surface area (Å²) in [5, 5.41) is 9.32. The van der Waals surface area contributed by atoms with Crippen molar-refractivity contribution in [1.29, 1.82) is 0 Å². The molecule has 1 unspecified atom stereocenters. The van der Waals surface area contributed by atoms with Gasteiger partial charge in [-0.25, -0.2) is 4.98 Å². The molecule has 1 aromatic heterocycles. The highest BCUT2D eigenvalue weighted by atomic mass is 79.9. The Morgan fingerprint density at radius 3 is 2.94 bits per heavy atom. The van der Waals surface area contributed by atoms with Crippen molar-refractivity contribution in [3.05, 3.63) is 39.4 Å². The van der Waals surface area contributed by atoms with Crippen molar-refractivity contribution in [2.24, 2.45) is 5.92 Å². The van der Waals surface area contributed by atoms with Gasteiger partial charge in [0.2, 0.25) is 0 Å². The van der Waals surface area contributed by atoms with E-state index in [2.05, 4.69) is 20.9 Å². The zero-order valence-corrected chi connectivity index (χ0v) is 11.2. The zero-order valence-electron chi connectivity index (χ0n) is 9.63. The predicted molar refractivity (Wildman–Crippen MR) is 70.5 cm³/mol. The largest absolute Gasteiger partial charge is 0.481 e. The van der Waals surface area contributed by atoms with Gasteiger partial charge in [-0.2, -0.15) is 0 Å². The summed E-state index contributed by atoms with van der Waals surface area (Å²) in [7, 11) is 0. The maximum absolute atomic E-state index is 12.1. The van der Waals surface area contributed by atoms with Gasteiger partial charge in [0.1, 0.15) is 0 Å². The standard InChI is InChI=1S/C12H11BrN2O3/c1-7(12(17)18)5-15-6-14-10-3-2-8(13)4-9(10)11(15)16/h2-4,6-7H,5H2,1H3,(H,17,18). The van der Waals surface area contributed by atoms with E-state index < -0.39 is 11.9 Å². The topological polar surface area (TPSA) is 72.2 Å². The molecule has 1 atom stereocenters. The molecule has 18 heavy (non-hydrogen) atoms. The fourth-order valence-electron chi connectivity index (χ4n) is 1.63. The number of carbonyl (C=O) groups is 1. The van der Waals surface area contributed by atoms with Gasteiger partial charge in [-0.1, -0.05) is 22.9 Å². The molecule has 0 amide bonds. The minimum Gasteiger partial charge on any atom is -0.481 e. The van der Waals surface area contributed by atoms with Crippen molar-refractivity contribution < 1.29 is 9.90 Å². The Hall–Kier alpha value is -1.69. The highest BCUT2D eigenvalue weighted by Crippen LogP contribution is 2.15. The number of rotatable bonds is 3. The lowest BCUT2D eigenvalue weighted by Crippen LogP contribution is -2.26. The van der Waals surface area contributed by atoms with Gasteiger partial charge in [0.05, 0.1) is 23.1 Å². The number of carboxylic acid groups (broad SMARTS) is 1. The number of hydrogen-bond donors (Lipinski definition) is 1. The monoisotopic (exact) mass is 310 g/mol. The first-order valence-electron chi connectivity index (χ1n) is 5.36. The molecule has 2 aromatic rings. The molecule has 0 aliphatic carbocycles. The highest BCUT2D eigenvalue weighted by Gasteiger charge is 2.13. The van der Waals surface area contributed by atoms with E-state index in [1.54, 1.807) is 25.1 Å². The molecule has 0 radical (unpaired) electrons. The van der Waals surface area contributed by atoms with E-state index in [0.29, 0.717) is 10.9 Å². The Morgan fingerprint density at radius 2 is 2.28 bits per heavy atom. The first-order valence-corrected chi connectivity index (χ1v) is 6.16. The number of aromatic nitrogens is 2. The molecule has 0 spiro atoms. The third kappa shape index (κ3) is 2.43. The second-order valence-electron chi connectivity index (χ2n) is 4.10. The van der Waals surface area contributed by atoms with Gasteiger partial charge < -0.3 is 5.11 Å². The van der Waals surface area contributed by atoms with Crippen LogP contribution in [0.4, 0.5) is 0 Å². The Bertz CT molecular complexity index is 666. The average molecular weight is 311 g/mol. The molecule has 6 heteroatoms. The van der Waals surface area contributed by atoms with Crippen LogP contribution in [0.2, 0.25) is 0 Å². The molecule has 0 bridgehead atoms. The molecular weight excluding hydrogens is 300 g/mol. The predicted octanol–water partition coefficient (Wildman–Crippen LogP) is 1.88. The Labute approximate surface area is 111 Å². The molecule has 1 N–H and O–H groups in total. The molecular formula is C12H11BrN2O3. The molecule has 0 fully saturated rings. The van der Waals surface area contributed by atoms with Gasteiger partial charge in [-0.3, -0.25) is 14.2 Å². The lowest BCUT2D eigenvalue weighted by molar-refractivity contribution is -0.141. The van der Waals surface area contributed by atoms with E-state index in [0.717, 1.165) is 4.47 Å². The zero-order chi connectivity index (χ0) is 13.3. The summed E-state index contributed by atoms with van der Waals surface area (Å²) in [6.07, 6.45) is 1.39. The van der Waals surface area contributed by atoms with E-state index in [1.165, 1.54) is 10.9 Å². The minimum absolute atomic E-state index is 0.115. The van der Waals surface area contributed by atoms with E-state index >= 15 is 0 Å². The van der Waals surface area contributed by atoms with Gasteiger partial charge in [0.15, 0.2) is 0 Å². The van der Waals surface area contributed by atoms with Crippen LogP contribution in [-0.4, -0.2) is 20.6 Å². The maximum atomic E-state index is 12.1. The lowest BCUT2D eigenvalue weighted by atomic mass is 10.2. The van der Waals surface area contributed by atoms with Crippen LogP contribution in [-0.2, 0) is 11.3 Å². The summed E-state index contributed by atoms with van der Waals surface area (Å²) in [5.74, 6) is -1.56. The van der Waals surface area contributed by atoms with E-state index in [9.17, 15) is 9.59 Å². The first kappa shape index (κ1) is 12.8. The molecule has 2 rings (SSSR count). The Balaban J connectivity index is 2.51. The van der Waals surface area contributed by atoms with Gasteiger partial charge in [0, 0.05) is 11.0 Å². The Kier molecular flexibility index (Phi) is 3.47. The van der Waals surface area contributed by atoms with Crippen molar-refractivity contribution in [1.82, 2.24) is 9.55 Å². The quantitative estimate of drug-likeness (QED) is 0.939. The van der Waals surface area contributed by atoms with Crippen molar-refractivity contribution in [3.63, 3.8) is 0 Å². The van der Waals surface area contributed by atoms with Crippen LogP contribution < -0.4 is 5.56 Å². The van der Waals surface area contributed by atoms with Crippen LogP contribution >= 0.6 is 15.9 Å². The second-order valence-corrected chi connectivity index (χ2v) is 5.02. The van der Waals surface area contributed by atoms with Gasteiger partial charge in [-0.15, -0.1) is 0 Å². The molecule has 1 aromatic carbocycles. The molecule has 1 heterocycles. The third-order valence-corrected chi connectivity index (χ3v) is 3.17. The Morgan fingerprint density at radius 1 is 1.56 bits per heavy atom. The van der Waals surface area contributed by atoms with Crippen molar-refractivity contribution in [2.75, 3.05) is 0 Å². The molecule has 0 aliphatic rings. The van der Waals surface area contributed by atoms with Crippen LogP contribution in [0.3, 0.4) is 0 Å². The van der Waals surface area contributed by atoms with Crippen molar-refractivity contribution in [2.45, 2.75) is 13.5 Å². The first-order chi connectivity index (χ1) is 8.49. The number of halogens is 1. The fourth-order valence-corrected chi connectivity index (χ4v) is 2.00. The number of benzene rings is 1. The van der Waals surface area contributed by atoms with Crippen LogP contribution in [0.25, 0.3) is 10.9 Å². The number of hydrogen-bond acceptors (Lipinski definition) is 3. The van der Waals surface area contributed by atoms with Gasteiger partial charge in [0.25, 0.3) is 5.56 Å². The fraction of sp³-hybridized carbons (Fsp3) is 0.250. The normalized spacial score (nSPS) is 12.6. The van der Waals surface area contributed by atoms with Crippen LogP contribution in [0.5, 0.6) is 0 Å². The number of nitrogens with zero attached hydrogens (tertiary/aromatic N) is 2. The van der Waals surface area contributed by atoms with Crippen molar-refractivity contribution in [3.8, 4) is 0 Å². The second kappa shape index (κ2) is 4.89. The molecule has 0 saturated heterocycles. The number of aliphatic carboxylic acids is 1. The summed E-state index contributed by atoms with van der Waals surface area (Å²) < 4.78 is 2.12. The maximum Gasteiger partial charge on any atom is 0.308 e. The van der Waals surface area contributed by atoms with E-state index in [1.807, 2.05) is 0 Å². The molecule has 0 saturated carbocycles. The molecule has 5 nitrogen and oxygen atoms in total. The third-order valence-electron chi connectivity index (χ3n) is 2.68. The van der Waals surface area contributed by atoms with E-state index in [4.69, 9.17) is 5.11 Å². The summed E-state index contributed by atoms with van der Waals surface area (Å²) in [6.45, 7) is 1.67. The molecule has 0 aliphatic heterocycles. The number of carboxylic acids is 1. The van der Waals surface area contributed by atoms with Crippen LogP contribution in [0.15, 0.2) is 33.8 Å². The average Bonchev–Trinajstić information content (AvgIpc) is 2.33. The highest BCUT2D eigenvalue weighted by molar-refractivity contribution is 9.10. The molecule has 94 valence electrons. The van der Waals surface area contributed by atoms with Crippen LogP contribution in [0, 0.1) is 5.92 Å². The minimum atomic E-state index is -0.934. The number of fused-ring (bicyclic) bond motifs is 1.